The molecule has 1 N–H and O–H groups in total. The zero-order chi connectivity index (χ0) is 17.4. The van der Waals surface area contributed by atoms with E-state index in [4.69, 9.17) is 9.84 Å². The Kier molecular flexibility index (Phi) is 7.48. The minimum absolute atomic E-state index is 0.0426. The molecule has 1 fully saturated rings. The molecule has 0 atom stereocenters. The fraction of sp³-hybridized carbons (Fsp3) is 0.647. The van der Waals surface area contributed by atoms with Crippen molar-refractivity contribution in [2.24, 2.45) is 0 Å². The van der Waals surface area contributed by atoms with Gasteiger partial charge in [0, 0.05) is 26.2 Å². The lowest BCUT2D eigenvalue weighted by Gasteiger charge is -2.22. The summed E-state index contributed by atoms with van der Waals surface area (Å²) in [4.78, 5) is 4.60. The molecular weight excluding hydrogens is 321 g/mol. The fourth-order valence-corrected chi connectivity index (χ4v) is 2.82. The standard InChI is InChI=1S/C17H25F3N2O2/c18-17(19,20)16-4-2-15(3-5-16)14-22-7-1-6-21(8-9-22)10-12-24-13-11-23/h2-5,23H,1,6-14H2. The molecule has 0 aromatic heterocycles. The summed E-state index contributed by atoms with van der Waals surface area (Å²) in [7, 11) is 0. The van der Waals surface area contributed by atoms with Crippen molar-refractivity contribution in [3.05, 3.63) is 35.4 Å². The summed E-state index contributed by atoms with van der Waals surface area (Å²) in [5.41, 5.74) is 0.305. The molecule has 0 saturated carbocycles. The highest BCUT2D eigenvalue weighted by Crippen LogP contribution is 2.29. The molecule has 24 heavy (non-hydrogen) atoms. The van der Waals surface area contributed by atoms with Gasteiger partial charge in [-0.2, -0.15) is 13.2 Å². The minimum Gasteiger partial charge on any atom is -0.394 e. The number of halogens is 3. The van der Waals surface area contributed by atoms with E-state index in [9.17, 15) is 13.2 Å². The van der Waals surface area contributed by atoms with Gasteiger partial charge in [-0.3, -0.25) is 9.80 Å². The first-order valence-electron chi connectivity index (χ1n) is 8.28. The average Bonchev–Trinajstić information content (AvgIpc) is 2.77. The van der Waals surface area contributed by atoms with Crippen molar-refractivity contribution in [1.29, 1.82) is 0 Å². The van der Waals surface area contributed by atoms with Gasteiger partial charge >= 0.3 is 6.18 Å². The smallest absolute Gasteiger partial charge is 0.394 e. The van der Waals surface area contributed by atoms with E-state index in [0.717, 1.165) is 56.8 Å². The number of rotatable bonds is 7. The number of aliphatic hydroxyl groups excluding tert-OH is 1. The predicted octanol–water partition coefficient (Wildman–Crippen LogP) is 2.22. The molecule has 2 rings (SSSR count). The van der Waals surface area contributed by atoms with Gasteiger partial charge in [0.2, 0.25) is 0 Å². The highest BCUT2D eigenvalue weighted by atomic mass is 19.4. The van der Waals surface area contributed by atoms with Gasteiger partial charge in [0.25, 0.3) is 0 Å². The summed E-state index contributed by atoms with van der Waals surface area (Å²) < 4.78 is 43.0. The van der Waals surface area contributed by atoms with Crippen LogP contribution in [0, 0.1) is 0 Å². The van der Waals surface area contributed by atoms with E-state index in [1.807, 2.05) is 0 Å². The van der Waals surface area contributed by atoms with Crippen LogP contribution in [0.3, 0.4) is 0 Å². The minimum atomic E-state index is -4.28. The van der Waals surface area contributed by atoms with Gasteiger partial charge in [0.15, 0.2) is 0 Å². The van der Waals surface area contributed by atoms with Crippen LogP contribution < -0.4 is 0 Å². The lowest BCUT2D eigenvalue weighted by Crippen LogP contribution is -2.32. The Morgan fingerprint density at radius 2 is 1.62 bits per heavy atom. The molecule has 7 heteroatoms. The first kappa shape index (κ1) is 19.2. The second-order valence-electron chi connectivity index (χ2n) is 6.00. The van der Waals surface area contributed by atoms with Crippen LogP contribution in [0.1, 0.15) is 17.5 Å². The Balaban J connectivity index is 1.77. The Morgan fingerprint density at radius 1 is 0.958 bits per heavy atom. The van der Waals surface area contributed by atoms with Gasteiger partial charge in [-0.1, -0.05) is 12.1 Å². The molecule has 1 aliphatic heterocycles. The number of alkyl halides is 3. The van der Waals surface area contributed by atoms with Gasteiger partial charge in [-0.05, 0) is 37.2 Å². The zero-order valence-electron chi connectivity index (χ0n) is 13.8. The molecule has 1 aliphatic rings. The summed E-state index contributed by atoms with van der Waals surface area (Å²) in [6.45, 7) is 6.28. The molecular formula is C17H25F3N2O2. The summed E-state index contributed by atoms with van der Waals surface area (Å²) in [6, 6.07) is 5.43. The van der Waals surface area contributed by atoms with Crippen molar-refractivity contribution < 1.29 is 23.0 Å². The summed E-state index contributed by atoms with van der Waals surface area (Å²) in [5.74, 6) is 0. The molecule has 0 aliphatic carbocycles. The van der Waals surface area contributed by atoms with E-state index < -0.39 is 11.7 Å². The molecule has 1 aromatic rings. The van der Waals surface area contributed by atoms with E-state index in [0.29, 0.717) is 19.8 Å². The van der Waals surface area contributed by atoms with Crippen LogP contribution >= 0.6 is 0 Å². The maximum atomic E-state index is 12.6. The first-order valence-corrected chi connectivity index (χ1v) is 8.28. The van der Waals surface area contributed by atoms with Crippen molar-refractivity contribution in [2.75, 3.05) is 52.5 Å². The molecule has 1 aromatic carbocycles. The maximum Gasteiger partial charge on any atom is 0.416 e. The van der Waals surface area contributed by atoms with Crippen molar-refractivity contribution in [3.63, 3.8) is 0 Å². The second kappa shape index (κ2) is 9.36. The molecule has 4 nitrogen and oxygen atoms in total. The van der Waals surface area contributed by atoms with Gasteiger partial charge in [0.1, 0.15) is 0 Å². The zero-order valence-corrected chi connectivity index (χ0v) is 13.8. The lowest BCUT2D eigenvalue weighted by atomic mass is 10.1. The number of hydrogen-bond acceptors (Lipinski definition) is 4. The van der Waals surface area contributed by atoms with Gasteiger partial charge in [-0.15, -0.1) is 0 Å². The molecule has 1 heterocycles. The third kappa shape index (κ3) is 6.39. The Bertz CT molecular complexity index is 480. The highest BCUT2D eigenvalue weighted by molar-refractivity contribution is 5.24. The Morgan fingerprint density at radius 3 is 2.29 bits per heavy atom. The van der Waals surface area contributed by atoms with Crippen LogP contribution in [0.2, 0.25) is 0 Å². The SMILES string of the molecule is OCCOCCN1CCCN(Cc2ccc(C(F)(F)F)cc2)CC1. The van der Waals surface area contributed by atoms with Crippen molar-refractivity contribution in [1.82, 2.24) is 9.80 Å². The molecule has 0 unspecified atom stereocenters. The molecule has 0 radical (unpaired) electrons. The molecule has 0 amide bonds. The van der Waals surface area contributed by atoms with Crippen LogP contribution in [0.5, 0.6) is 0 Å². The van der Waals surface area contributed by atoms with Crippen molar-refractivity contribution in [3.8, 4) is 0 Å². The molecule has 136 valence electrons. The topological polar surface area (TPSA) is 35.9 Å². The lowest BCUT2D eigenvalue weighted by molar-refractivity contribution is -0.137. The van der Waals surface area contributed by atoms with Crippen LogP contribution in [0.4, 0.5) is 13.2 Å². The van der Waals surface area contributed by atoms with E-state index in [1.54, 1.807) is 12.1 Å². The highest BCUT2D eigenvalue weighted by Gasteiger charge is 2.30. The number of benzene rings is 1. The summed E-state index contributed by atoms with van der Waals surface area (Å²) >= 11 is 0. The van der Waals surface area contributed by atoms with Crippen molar-refractivity contribution in [2.45, 2.75) is 19.1 Å². The van der Waals surface area contributed by atoms with Gasteiger partial charge in [0.05, 0.1) is 25.4 Å². The van der Waals surface area contributed by atoms with Crippen LogP contribution in [-0.4, -0.2) is 67.5 Å². The third-order valence-electron chi connectivity index (χ3n) is 4.16. The van der Waals surface area contributed by atoms with E-state index >= 15 is 0 Å². The second-order valence-corrected chi connectivity index (χ2v) is 6.00. The number of hydrogen-bond donors (Lipinski definition) is 1. The van der Waals surface area contributed by atoms with Crippen LogP contribution in [-0.2, 0) is 17.5 Å². The van der Waals surface area contributed by atoms with Gasteiger partial charge in [-0.25, -0.2) is 0 Å². The van der Waals surface area contributed by atoms with E-state index in [2.05, 4.69) is 9.80 Å². The molecule has 0 bridgehead atoms. The number of ether oxygens (including phenoxy) is 1. The van der Waals surface area contributed by atoms with E-state index in [1.165, 1.54) is 0 Å². The normalized spacial score (nSPS) is 17.8. The van der Waals surface area contributed by atoms with Crippen molar-refractivity contribution >= 4 is 0 Å². The first-order chi connectivity index (χ1) is 11.5. The Labute approximate surface area is 140 Å². The number of aliphatic hydroxyl groups is 1. The third-order valence-corrected chi connectivity index (χ3v) is 4.16. The largest absolute Gasteiger partial charge is 0.416 e. The maximum absolute atomic E-state index is 12.6. The predicted molar refractivity (Wildman–Crippen MR) is 85.7 cm³/mol. The van der Waals surface area contributed by atoms with Gasteiger partial charge < -0.3 is 9.84 Å². The Hall–Kier alpha value is -1.15. The van der Waals surface area contributed by atoms with Crippen LogP contribution in [0.15, 0.2) is 24.3 Å². The molecule has 1 saturated heterocycles. The average molecular weight is 346 g/mol. The quantitative estimate of drug-likeness (QED) is 0.768. The summed E-state index contributed by atoms with van der Waals surface area (Å²) in [5, 5.41) is 8.68. The summed E-state index contributed by atoms with van der Waals surface area (Å²) in [6.07, 6.45) is -3.25. The van der Waals surface area contributed by atoms with Crippen LogP contribution in [0.25, 0.3) is 0 Å². The fourth-order valence-electron chi connectivity index (χ4n) is 2.82. The molecule has 0 spiro atoms. The monoisotopic (exact) mass is 346 g/mol. The number of nitrogens with zero attached hydrogens (tertiary/aromatic N) is 2. The van der Waals surface area contributed by atoms with E-state index in [-0.39, 0.29) is 6.61 Å².